The van der Waals surface area contributed by atoms with Gasteiger partial charge in [0.05, 0.1) is 11.8 Å². The molecule has 0 radical (unpaired) electrons. The number of rotatable bonds is 3. The maximum atomic E-state index is 9.71. The first kappa shape index (κ1) is 14.7. The summed E-state index contributed by atoms with van der Waals surface area (Å²) in [6.07, 6.45) is 6.97. The number of hydrogen-bond acceptors (Lipinski definition) is 4. The fourth-order valence-corrected chi connectivity index (χ4v) is 3.83. The predicted octanol–water partition coefficient (Wildman–Crippen LogP) is 1.91. The van der Waals surface area contributed by atoms with Crippen molar-refractivity contribution >= 4 is 5.69 Å². The predicted molar refractivity (Wildman–Crippen MR) is 91.0 cm³/mol. The number of aliphatic hydroxyl groups is 1. The molecule has 0 unspecified atom stereocenters. The molecule has 4 rings (SSSR count). The minimum atomic E-state index is -0.108. The van der Waals surface area contributed by atoms with Crippen molar-refractivity contribution in [1.29, 1.82) is 0 Å². The highest BCUT2D eigenvalue weighted by Gasteiger charge is 2.29. The van der Waals surface area contributed by atoms with Crippen LogP contribution in [0.3, 0.4) is 0 Å². The number of aliphatic hydroxyl groups excluding tert-OH is 1. The number of anilines is 1. The Morgan fingerprint density at radius 3 is 2.30 bits per heavy atom. The molecule has 0 amide bonds. The summed E-state index contributed by atoms with van der Waals surface area (Å²) in [6.45, 7) is 4.12. The number of piperidine rings is 1. The smallest absolute Gasteiger partial charge is 0.0679 e. The van der Waals surface area contributed by atoms with E-state index in [4.69, 9.17) is 0 Å². The zero-order valence-electron chi connectivity index (χ0n) is 13.4. The molecule has 1 aromatic carbocycles. The van der Waals surface area contributed by atoms with Gasteiger partial charge in [-0.15, -0.1) is 0 Å². The van der Waals surface area contributed by atoms with Crippen LogP contribution in [0.2, 0.25) is 0 Å². The van der Waals surface area contributed by atoms with Gasteiger partial charge in [-0.25, -0.2) is 4.68 Å². The number of hydrogen-bond donors (Lipinski definition) is 1. The van der Waals surface area contributed by atoms with Gasteiger partial charge in [0.1, 0.15) is 0 Å². The van der Waals surface area contributed by atoms with E-state index in [2.05, 4.69) is 39.2 Å². The van der Waals surface area contributed by atoms with E-state index in [9.17, 15) is 5.11 Å². The maximum absolute atomic E-state index is 9.71. The van der Waals surface area contributed by atoms with Gasteiger partial charge in [0.2, 0.25) is 0 Å². The Kier molecular flexibility index (Phi) is 4.06. The second-order valence-electron chi connectivity index (χ2n) is 6.62. The molecule has 1 atom stereocenters. The molecule has 2 aromatic rings. The SMILES string of the molecule is O[C@H]1CCN(C2CCN(c3ccc(-n4cccn4)cc3)CC2)C1. The summed E-state index contributed by atoms with van der Waals surface area (Å²) in [5.74, 6) is 0. The number of β-amino-alcohol motifs (C(OH)–C–C–N with tert-alkyl or cyclic N) is 1. The van der Waals surface area contributed by atoms with Crippen molar-refractivity contribution in [3.05, 3.63) is 42.7 Å². The van der Waals surface area contributed by atoms with E-state index in [0.717, 1.165) is 38.3 Å². The van der Waals surface area contributed by atoms with Crippen LogP contribution in [0.1, 0.15) is 19.3 Å². The summed E-state index contributed by atoms with van der Waals surface area (Å²) in [4.78, 5) is 4.94. The fraction of sp³-hybridized carbons (Fsp3) is 0.500. The highest BCUT2D eigenvalue weighted by Crippen LogP contribution is 2.25. The van der Waals surface area contributed by atoms with Crippen molar-refractivity contribution in [2.45, 2.75) is 31.4 Å². The Balaban J connectivity index is 1.37. The summed E-state index contributed by atoms with van der Waals surface area (Å²) in [6, 6.07) is 11.2. The minimum Gasteiger partial charge on any atom is -0.392 e. The second kappa shape index (κ2) is 6.34. The van der Waals surface area contributed by atoms with E-state index in [1.807, 2.05) is 16.9 Å². The molecular weight excluding hydrogens is 288 g/mol. The molecule has 0 saturated carbocycles. The van der Waals surface area contributed by atoms with Crippen LogP contribution in [0, 0.1) is 0 Å². The van der Waals surface area contributed by atoms with Gasteiger partial charge in [0, 0.05) is 50.3 Å². The van der Waals surface area contributed by atoms with E-state index < -0.39 is 0 Å². The van der Waals surface area contributed by atoms with E-state index in [0.29, 0.717) is 6.04 Å². The Labute approximate surface area is 137 Å². The highest BCUT2D eigenvalue weighted by molar-refractivity contribution is 5.51. The lowest BCUT2D eigenvalue weighted by atomic mass is 10.0. The first-order valence-electron chi connectivity index (χ1n) is 8.57. The second-order valence-corrected chi connectivity index (χ2v) is 6.62. The minimum absolute atomic E-state index is 0.108. The average molecular weight is 312 g/mol. The monoisotopic (exact) mass is 312 g/mol. The molecule has 3 heterocycles. The summed E-state index contributed by atoms with van der Waals surface area (Å²) >= 11 is 0. The van der Waals surface area contributed by atoms with Gasteiger partial charge in [-0.1, -0.05) is 0 Å². The summed E-state index contributed by atoms with van der Waals surface area (Å²) in [7, 11) is 0. The zero-order chi connectivity index (χ0) is 15.6. The van der Waals surface area contributed by atoms with Crippen molar-refractivity contribution in [1.82, 2.24) is 14.7 Å². The van der Waals surface area contributed by atoms with Crippen LogP contribution in [0.25, 0.3) is 5.69 Å². The third-order valence-corrected chi connectivity index (χ3v) is 5.16. The van der Waals surface area contributed by atoms with Gasteiger partial charge in [-0.3, -0.25) is 4.90 Å². The normalized spacial score (nSPS) is 23.5. The maximum Gasteiger partial charge on any atom is 0.0679 e. The van der Waals surface area contributed by atoms with Gasteiger partial charge < -0.3 is 10.0 Å². The molecular formula is C18H24N4O. The average Bonchev–Trinajstić information content (AvgIpc) is 3.27. The molecule has 2 fully saturated rings. The van der Waals surface area contributed by atoms with Crippen LogP contribution in [0.5, 0.6) is 0 Å². The number of nitrogens with zero attached hydrogens (tertiary/aromatic N) is 4. The molecule has 0 aliphatic carbocycles. The molecule has 2 saturated heterocycles. The first-order chi connectivity index (χ1) is 11.3. The van der Waals surface area contributed by atoms with Crippen molar-refractivity contribution < 1.29 is 5.11 Å². The lowest BCUT2D eigenvalue weighted by molar-refractivity contribution is 0.148. The van der Waals surface area contributed by atoms with Crippen molar-refractivity contribution in [3.8, 4) is 5.69 Å². The molecule has 122 valence electrons. The van der Waals surface area contributed by atoms with Gasteiger partial charge >= 0.3 is 0 Å². The van der Waals surface area contributed by atoms with E-state index >= 15 is 0 Å². The molecule has 2 aliphatic heterocycles. The van der Waals surface area contributed by atoms with Gasteiger partial charge in [0.25, 0.3) is 0 Å². The summed E-state index contributed by atoms with van der Waals surface area (Å²) in [5, 5.41) is 14.0. The lowest BCUT2D eigenvalue weighted by Crippen LogP contribution is -2.44. The quantitative estimate of drug-likeness (QED) is 0.940. The molecule has 1 aromatic heterocycles. The van der Waals surface area contributed by atoms with Gasteiger partial charge in [-0.05, 0) is 49.6 Å². The topological polar surface area (TPSA) is 44.5 Å². The molecule has 1 N–H and O–H groups in total. The number of benzene rings is 1. The molecule has 5 nitrogen and oxygen atoms in total. The van der Waals surface area contributed by atoms with Crippen LogP contribution < -0.4 is 4.90 Å². The molecule has 0 bridgehead atoms. The zero-order valence-corrected chi connectivity index (χ0v) is 13.4. The van der Waals surface area contributed by atoms with Gasteiger partial charge in [-0.2, -0.15) is 5.10 Å². The first-order valence-corrected chi connectivity index (χ1v) is 8.57. The van der Waals surface area contributed by atoms with E-state index in [-0.39, 0.29) is 6.10 Å². The Morgan fingerprint density at radius 1 is 0.957 bits per heavy atom. The van der Waals surface area contributed by atoms with Crippen molar-refractivity contribution in [2.75, 3.05) is 31.1 Å². The summed E-state index contributed by atoms with van der Waals surface area (Å²) < 4.78 is 1.88. The lowest BCUT2D eigenvalue weighted by Gasteiger charge is -2.37. The van der Waals surface area contributed by atoms with Crippen molar-refractivity contribution in [3.63, 3.8) is 0 Å². The van der Waals surface area contributed by atoms with Crippen LogP contribution in [-0.4, -0.2) is 58.1 Å². The Bertz CT molecular complexity index is 617. The largest absolute Gasteiger partial charge is 0.392 e. The standard InChI is InChI=1S/C18H24N4O/c23-18-8-13-21(14-18)16-6-11-20(12-7-16)15-2-4-17(5-3-15)22-10-1-9-19-22/h1-5,9-10,16,18,23H,6-8,11-14H2/t18-/m0/s1. The fourth-order valence-electron chi connectivity index (χ4n) is 3.83. The molecule has 2 aliphatic rings. The molecule has 23 heavy (non-hydrogen) atoms. The van der Waals surface area contributed by atoms with Crippen molar-refractivity contribution in [2.24, 2.45) is 0 Å². The van der Waals surface area contributed by atoms with E-state index in [1.165, 1.54) is 18.5 Å². The number of likely N-dealkylation sites (tertiary alicyclic amines) is 1. The molecule has 5 heteroatoms. The molecule has 0 spiro atoms. The van der Waals surface area contributed by atoms with Crippen LogP contribution >= 0.6 is 0 Å². The summed E-state index contributed by atoms with van der Waals surface area (Å²) in [5.41, 5.74) is 2.39. The van der Waals surface area contributed by atoms with E-state index in [1.54, 1.807) is 6.20 Å². The highest BCUT2D eigenvalue weighted by atomic mass is 16.3. The third-order valence-electron chi connectivity index (χ3n) is 5.16. The Morgan fingerprint density at radius 2 is 1.70 bits per heavy atom. The number of aromatic nitrogens is 2. The van der Waals surface area contributed by atoms with Crippen LogP contribution in [-0.2, 0) is 0 Å². The third kappa shape index (κ3) is 3.12. The Hall–Kier alpha value is -1.85. The van der Waals surface area contributed by atoms with Crippen LogP contribution in [0.15, 0.2) is 42.7 Å². The van der Waals surface area contributed by atoms with Gasteiger partial charge in [0.15, 0.2) is 0 Å². The van der Waals surface area contributed by atoms with Crippen LogP contribution in [0.4, 0.5) is 5.69 Å².